The first-order valence-electron chi connectivity index (χ1n) is 7.12. The predicted octanol–water partition coefficient (Wildman–Crippen LogP) is 3.00. The SMILES string of the molecule is CCNC(=NCC(=O)N(C)CC(F)(F)F)NC(C)c1cccs1.I. The highest BCUT2D eigenvalue weighted by Crippen LogP contribution is 2.18. The maximum Gasteiger partial charge on any atom is 0.406 e. The highest BCUT2D eigenvalue weighted by molar-refractivity contribution is 14.0. The Hall–Kier alpha value is -1.04. The van der Waals surface area contributed by atoms with Crippen molar-refractivity contribution in [2.24, 2.45) is 4.99 Å². The lowest BCUT2D eigenvalue weighted by molar-refractivity contribution is -0.157. The van der Waals surface area contributed by atoms with E-state index in [9.17, 15) is 18.0 Å². The lowest BCUT2D eigenvalue weighted by Crippen LogP contribution is -2.41. The fourth-order valence-electron chi connectivity index (χ4n) is 1.76. The lowest BCUT2D eigenvalue weighted by Gasteiger charge is -2.19. The summed E-state index contributed by atoms with van der Waals surface area (Å²) in [7, 11) is 1.11. The summed E-state index contributed by atoms with van der Waals surface area (Å²) in [6.45, 7) is 2.76. The van der Waals surface area contributed by atoms with Crippen LogP contribution in [0.25, 0.3) is 0 Å². The molecule has 0 saturated carbocycles. The number of thiophene rings is 1. The number of hydrogen-bond donors (Lipinski definition) is 2. The second kappa shape index (κ2) is 10.7. The summed E-state index contributed by atoms with van der Waals surface area (Å²) < 4.78 is 36.8. The molecule has 0 aromatic carbocycles. The van der Waals surface area contributed by atoms with Gasteiger partial charge in [0.05, 0.1) is 6.04 Å². The molecule has 24 heavy (non-hydrogen) atoms. The third kappa shape index (κ3) is 8.71. The number of amides is 1. The van der Waals surface area contributed by atoms with Crippen LogP contribution >= 0.6 is 35.3 Å². The Balaban J connectivity index is 0.00000529. The molecule has 0 aliphatic heterocycles. The van der Waals surface area contributed by atoms with Crippen LogP contribution in [0.5, 0.6) is 0 Å². The van der Waals surface area contributed by atoms with Crippen LogP contribution in [-0.2, 0) is 4.79 Å². The van der Waals surface area contributed by atoms with E-state index in [1.54, 1.807) is 11.3 Å². The van der Waals surface area contributed by atoms with Gasteiger partial charge in [0, 0.05) is 18.5 Å². The predicted molar refractivity (Wildman–Crippen MR) is 101 cm³/mol. The maximum absolute atomic E-state index is 12.3. The van der Waals surface area contributed by atoms with Crippen LogP contribution in [0.2, 0.25) is 0 Å². The van der Waals surface area contributed by atoms with Crippen molar-refractivity contribution in [3.05, 3.63) is 22.4 Å². The van der Waals surface area contributed by atoms with Gasteiger partial charge in [0.15, 0.2) is 5.96 Å². The Morgan fingerprint density at radius 2 is 2.12 bits per heavy atom. The summed E-state index contributed by atoms with van der Waals surface area (Å²) in [5.74, 6) is -0.300. The number of alkyl halides is 3. The van der Waals surface area contributed by atoms with E-state index < -0.39 is 18.6 Å². The van der Waals surface area contributed by atoms with Crippen LogP contribution in [0.15, 0.2) is 22.5 Å². The van der Waals surface area contributed by atoms with Crippen molar-refractivity contribution in [3.8, 4) is 0 Å². The molecule has 1 atom stereocenters. The van der Waals surface area contributed by atoms with E-state index >= 15 is 0 Å². The molecule has 138 valence electrons. The molecule has 1 rings (SSSR count). The summed E-state index contributed by atoms with van der Waals surface area (Å²) in [5, 5.41) is 8.04. The van der Waals surface area contributed by atoms with Crippen molar-refractivity contribution < 1.29 is 18.0 Å². The molecule has 1 heterocycles. The fraction of sp³-hybridized carbons (Fsp3) is 0.571. The topological polar surface area (TPSA) is 56.7 Å². The third-order valence-electron chi connectivity index (χ3n) is 2.88. The van der Waals surface area contributed by atoms with Crippen molar-refractivity contribution in [1.29, 1.82) is 0 Å². The molecular formula is C14H22F3IN4OS. The molecule has 0 aliphatic rings. The quantitative estimate of drug-likeness (QED) is 0.376. The molecule has 1 amide bonds. The second-order valence-electron chi connectivity index (χ2n) is 4.94. The molecule has 1 aromatic heterocycles. The van der Waals surface area contributed by atoms with Gasteiger partial charge in [0.25, 0.3) is 0 Å². The van der Waals surface area contributed by atoms with Gasteiger partial charge < -0.3 is 15.5 Å². The van der Waals surface area contributed by atoms with Gasteiger partial charge in [0.1, 0.15) is 13.1 Å². The van der Waals surface area contributed by atoms with Gasteiger partial charge in [-0.25, -0.2) is 4.99 Å². The van der Waals surface area contributed by atoms with Crippen LogP contribution in [0.3, 0.4) is 0 Å². The minimum Gasteiger partial charge on any atom is -0.357 e. The second-order valence-corrected chi connectivity index (χ2v) is 5.92. The average Bonchev–Trinajstić information content (AvgIpc) is 2.96. The number of likely N-dealkylation sites (N-methyl/N-ethyl adjacent to an activating group) is 1. The highest BCUT2D eigenvalue weighted by atomic mass is 127. The van der Waals surface area contributed by atoms with Crippen LogP contribution < -0.4 is 10.6 Å². The van der Waals surface area contributed by atoms with Crippen LogP contribution in [0.4, 0.5) is 13.2 Å². The lowest BCUT2D eigenvalue weighted by atomic mass is 10.3. The van der Waals surface area contributed by atoms with E-state index in [1.807, 2.05) is 31.4 Å². The summed E-state index contributed by atoms with van der Waals surface area (Å²) in [6.07, 6.45) is -4.41. The third-order valence-corrected chi connectivity index (χ3v) is 3.94. The molecule has 10 heteroatoms. The highest BCUT2D eigenvalue weighted by Gasteiger charge is 2.31. The largest absolute Gasteiger partial charge is 0.406 e. The number of halogens is 4. The smallest absolute Gasteiger partial charge is 0.357 e. The molecule has 0 fully saturated rings. The van der Waals surface area contributed by atoms with E-state index in [-0.39, 0.29) is 36.6 Å². The van der Waals surface area contributed by atoms with Gasteiger partial charge in [-0.3, -0.25) is 4.79 Å². The Labute approximate surface area is 160 Å². The number of hydrogen-bond acceptors (Lipinski definition) is 3. The van der Waals surface area contributed by atoms with Crippen molar-refractivity contribution in [2.75, 3.05) is 26.7 Å². The molecule has 0 radical (unpaired) electrons. The van der Waals surface area contributed by atoms with Crippen LogP contribution in [0, 0.1) is 0 Å². The minimum absolute atomic E-state index is 0. The minimum atomic E-state index is -4.41. The Morgan fingerprint density at radius 3 is 2.62 bits per heavy atom. The Bertz CT molecular complexity index is 523. The van der Waals surface area contributed by atoms with Crippen molar-refractivity contribution in [3.63, 3.8) is 0 Å². The normalized spacial score (nSPS) is 13.0. The summed E-state index contributed by atoms with van der Waals surface area (Å²) in [4.78, 5) is 17.5. The molecular weight excluding hydrogens is 456 g/mol. The molecule has 2 N–H and O–H groups in total. The standard InChI is InChI=1S/C14H21F3N4OS.HI/c1-4-18-13(20-10(2)11-6-5-7-23-11)19-8-12(22)21(3)9-14(15,16)17;/h5-7,10H,4,8-9H2,1-3H3,(H2,18,19,20);1H. The molecule has 1 unspecified atom stereocenters. The monoisotopic (exact) mass is 478 g/mol. The number of aliphatic imine (C=N–C) groups is 1. The number of carbonyl (C=O) groups excluding carboxylic acids is 1. The van der Waals surface area contributed by atoms with E-state index in [0.29, 0.717) is 17.4 Å². The average molecular weight is 478 g/mol. The summed E-state index contributed by atoms with van der Waals surface area (Å²) in [5.41, 5.74) is 0. The zero-order chi connectivity index (χ0) is 17.5. The maximum atomic E-state index is 12.3. The van der Waals surface area contributed by atoms with E-state index in [2.05, 4.69) is 15.6 Å². The van der Waals surface area contributed by atoms with Crippen molar-refractivity contribution in [2.45, 2.75) is 26.1 Å². The number of carbonyl (C=O) groups is 1. The van der Waals surface area contributed by atoms with Crippen LogP contribution in [0.1, 0.15) is 24.8 Å². The number of rotatable bonds is 6. The van der Waals surface area contributed by atoms with Gasteiger partial charge in [-0.05, 0) is 25.3 Å². The van der Waals surface area contributed by atoms with Gasteiger partial charge in [-0.15, -0.1) is 35.3 Å². The summed E-state index contributed by atoms with van der Waals surface area (Å²) >= 11 is 1.58. The number of nitrogens with zero attached hydrogens (tertiary/aromatic N) is 2. The van der Waals surface area contributed by atoms with Gasteiger partial charge >= 0.3 is 6.18 Å². The Kier molecular flexibility index (Phi) is 10.3. The number of guanidine groups is 1. The van der Waals surface area contributed by atoms with Crippen molar-refractivity contribution in [1.82, 2.24) is 15.5 Å². The fourth-order valence-corrected chi connectivity index (χ4v) is 2.49. The van der Waals surface area contributed by atoms with Gasteiger partial charge in [-0.1, -0.05) is 6.07 Å². The Morgan fingerprint density at radius 1 is 1.46 bits per heavy atom. The zero-order valence-corrected chi connectivity index (χ0v) is 16.8. The van der Waals surface area contributed by atoms with Gasteiger partial charge in [-0.2, -0.15) is 13.2 Å². The summed E-state index contributed by atoms with van der Waals surface area (Å²) in [6, 6.07) is 3.88. The molecule has 0 bridgehead atoms. The zero-order valence-electron chi connectivity index (χ0n) is 13.7. The number of nitrogens with one attached hydrogen (secondary N) is 2. The first kappa shape index (κ1) is 23.0. The molecule has 0 aliphatic carbocycles. The molecule has 0 saturated heterocycles. The van der Waals surface area contributed by atoms with E-state index in [0.717, 1.165) is 11.9 Å². The van der Waals surface area contributed by atoms with Crippen molar-refractivity contribution >= 4 is 47.2 Å². The first-order chi connectivity index (χ1) is 10.7. The molecule has 5 nitrogen and oxygen atoms in total. The van der Waals surface area contributed by atoms with E-state index in [4.69, 9.17) is 0 Å². The van der Waals surface area contributed by atoms with Crippen LogP contribution in [-0.4, -0.2) is 49.6 Å². The molecule has 0 spiro atoms. The van der Waals surface area contributed by atoms with E-state index in [1.165, 1.54) is 0 Å². The first-order valence-corrected chi connectivity index (χ1v) is 8.00. The molecule has 1 aromatic rings. The van der Waals surface area contributed by atoms with Gasteiger partial charge in [0.2, 0.25) is 5.91 Å².